The number of benzene rings is 2. The number of halogens is 2. The molecule has 0 atom stereocenters. The van der Waals surface area contributed by atoms with Gasteiger partial charge in [-0.05, 0) is 61.0 Å². The maximum absolute atomic E-state index is 12.7. The van der Waals surface area contributed by atoms with E-state index in [0.29, 0.717) is 33.0 Å². The molecule has 7 heteroatoms. The van der Waals surface area contributed by atoms with E-state index in [2.05, 4.69) is 16.8 Å². The number of nitrogens with zero attached hydrogens (tertiary/aromatic N) is 1. The van der Waals surface area contributed by atoms with Crippen molar-refractivity contribution in [1.29, 1.82) is 5.41 Å². The highest BCUT2D eigenvalue weighted by molar-refractivity contribution is 6.34. The fourth-order valence-corrected chi connectivity index (χ4v) is 3.24. The van der Waals surface area contributed by atoms with E-state index in [1.807, 2.05) is 19.1 Å². The molecule has 3 rings (SSSR count). The second kappa shape index (κ2) is 11.2. The van der Waals surface area contributed by atoms with Gasteiger partial charge in [-0.3, -0.25) is 20.0 Å². The van der Waals surface area contributed by atoms with Crippen LogP contribution in [0.1, 0.15) is 49.5 Å². The minimum absolute atomic E-state index is 0. The number of ketones is 2. The lowest BCUT2D eigenvalue weighted by Crippen LogP contribution is -2.15. The third-order valence-corrected chi connectivity index (χ3v) is 4.77. The summed E-state index contributed by atoms with van der Waals surface area (Å²) in [6, 6.07) is 15.7. The molecule has 0 fully saturated rings. The topological polar surface area (TPSA) is 96.9 Å². The van der Waals surface area contributed by atoms with Crippen molar-refractivity contribution >= 4 is 41.4 Å². The van der Waals surface area contributed by atoms with E-state index >= 15 is 0 Å². The number of carbonyl (C=O) groups is 2. The Bertz CT molecular complexity index is 1230. The number of carbonyl (C=O) groups excluding carboxylic acids is 2. The first-order valence-electron chi connectivity index (χ1n) is 9.54. The van der Waals surface area contributed by atoms with Crippen LogP contribution in [0.15, 0.2) is 60.8 Å². The lowest BCUT2D eigenvalue weighted by Gasteiger charge is -2.05. The quantitative estimate of drug-likeness (QED) is 0.236. The van der Waals surface area contributed by atoms with Gasteiger partial charge in [0.2, 0.25) is 0 Å². The molecule has 3 aromatic rings. The first-order valence-corrected chi connectivity index (χ1v) is 9.92. The Morgan fingerprint density at radius 2 is 1.78 bits per heavy atom. The van der Waals surface area contributed by atoms with Crippen LogP contribution in [0.2, 0.25) is 5.02 Å². The summed E-state index contributed by atoms with van der Waals surface area (Å²) in [6.07, 6.45) is 1.66. The third-order valence-electron chi connectivity index (χ3n) is 4.44. The highest BCUT2D eigenvalue weighted by Crippen LogP contribution is 2.20. The number of pyridine rings is 1. The van der Waals surface area contributed by atoms with Gasteiger partial charge in [-0.25, -0.2) is 0 Å². The van der Waals surface area contributed by atoms with Crippen molar-refractivity contribution < 1.29 is 9.59 Å². The summed E-state index contributed by atoms with van der Waals surface area (Å²) in [5, 5.41) is 7.66. The van der Waals surface area contributed by atoms with Crippen LogP contribution in [0.25, 0.3) is 0 Å². The van der Waals surface area contributed by atoms with Crippen molar-refractivity contribution in [2.24, 2.45) is 5.73 Å². The highest BCUT2D eigenvalue weighted by atomic mass is 35.5. The predicted octanol–water partition coefficient (Wildman–Crippen LogP) is 4.80. The summed E-state index contributed by atoms with van der Waals surface area (Å²) in [7, 11) is 0. The van der Waals surface area contributed by atoms with Crippen LogP contribution in [0.3, 0.4) is 0 Å². The summed E-state index contributed by atoms with van der Waals surface area (Å²) < 4.78 is 0. The molecule has 162 valence electrons. The molecular weight excluding hydrogens is 445 g/mol. The van der Waals surface area contributed by atoms with Crippen LogP contribution in [-0.4, -0.2) is 22.4 Å². The van der Waals surface area contributed by atoms with Gasteiger partial charge in [0.15, 0.2) is 11.6 Å². The molecule has 1 aromatic heterocycles. The van der Waals surface area contributed by atoms with Gasteiger partial charge in [0.05, 0.1) is 23.7 Å². The lowest BCUT2D eigenvalue weighted by molar-refractivity contribution is 0.0987. The SMILES string of the molecule is Cc1cc(C#Cc2ccc(Cl)c(C(=O)Cc3ccccn3)c2)cc(C(=O)CC(=N)N)c1.Cl. The van der Waals surface area contributed by atoms with Crippen LogP contribution in [-0.2, 0) is 6.42 Å². The van der Waals surface area contributed by atoms with Gasteiger partial charge < -0.3 is 5.73 Å². The van der Waals surface area contributed by atoms with Crippen molar-refractivity contribution in [3.8, 4) is 11.8 Å². The number of nitrogens with one attached hydrogen (secondary N) is 1. The van der Waals surface area contributed by atoms with E-state index in [0.717, 1.165) is 5.56 Å². The van der Waals surface area contributed by atoms with Gasteiger partial charge in [-0.15, -0.1) is 12.4 Å². The molecule has 2 aromatic carbocycles. The van der Waals surface area contributed by atoms with E-state index in [9.17, 15) is 9.59 Å². The monoisotopic (exact) mass is 465 g/mol. The Morgan fingerprint density at radius 1 is 1.03 bits per heavy atom. The number of aromatic nitrogens is 1. The number of aryl methyl sites for hydroxylation is 1. The highest BCUT2D eigenvalue weighted by Gasteiger charge is 2.13. The van der Waals surface area contributed by atoms with Gasteiger partial charge in [0, 0.05) is 34.1 Å². The number of rotatable bonds is 6. The molecule has 3 N–H and O–H groups in total. The maximum Gasteiger partial charge on any atom is 0.170 e. The minimum Gasteiger partial charge on any atom is -0.387 e. The van der Waals surface area contributed by atoms with Crippen LogP contribution >= 0.6 is 24.0 Å². The lowest BCUT2D eigenvalue weighted by atomic mass is 10.0. The Labute approximate surface area is 197 Å². The largest absolute Gasteiger partial charge is 0.387 e. The van der Waals surface area contributed by atoms with Gasteiger partial charge in [-0.1, -0.05) is 29.5 Å². The molecule has 0 radical (unpaired) electrons. The molecule has 0 spiro atoms. The molecular formula is C25H21Cl2N3O2. The Balaban J connectivity index is 0.00000363. The van der Waals surface area contributed by atoms with Crippen molar-refractivity contribution in [2.75, 3.05) is 0 Å². The summed E-state index contributed by atoms with van der Waals surface area (Å²) >= 11 is 6.24. The molecule has 0 aliphatic heterocycles. The van der Waals surface area contributed by atoms with Crippen LogP contribution in [0.4, 0.5) is 0 Å². The summed E-state index contributed by atoms with van der Waals surface area (Å²) in [5.74, 6) is 5.51. The number of hydrogen-bond donors (Lipinski definition) is 2. The molecule has 0 amide bonds. The van der Waals surface area contributed by atoms with Gasteiger partial charge >= 0.3 is 0 Å². The van der Waals surface area contributed by atoms with E-state index in [4.69, 9.17) is 22.7 Å². The Hall–Kier alpha value is -3.46. The summed E-state index contributed by atoms with van der Waals surface area (Å²) in [4.78, 5) is 29.1. The van der Waals surface area contributed by atoms with E-state index in [1.54, 1.807) is 48.7 Å². The molecule has 0 aliphatic rings. The predicted molar refractivity (Wildman–Crippen MR) is 129 cm³/mol. The fourth-order valence-electron chi connectivity index (χ4n) is 3.01. The smallest absolute Gasteiger partial charge is 0.170 e. The number of Topliss-reactive ketones (excluding diaryl/α,β-unsaturated/α-hetero) is 2. The average Bonchev–Trinajstić information content (AvgIpc) is 2.73. The normalized spacial score (nSPS) is 9.81. The van der Waals surface area contributed by atoms with Crippen LogP contribution in [0.5, 0.6) is 0 Å². The fraction of sp³-hybridized carbons (Fsp3) is 0.120. The number of amidine groups is 1. The van der Waals surface area contributed by atoms with Crippen molar-refractivity contribution in [2.45, 2.75) is 19.8 Å². The van der Waals surface area contributed by atoms with Gasteiger partial charge in [-0.2, -0.15) is 0 Å². The average molecular weight is 466 g/mol. The first kappa shape index (κ1) is 24.8. The van der Waals surface area contributed by atoms with Gasteiger partial charge in [0.1, 0.15) is 0 Å². The maximum atomic E-state index is 12.7. The Morgan fingerprint density at radius 3 is 2.47 bits per heavy atom. The zero-order chi connectivity index (χ0) is 22.4. The molecule has 0 bridgehead atoms. The second-order valence-corrected chi connectivity index (χ2v) is 7.49. The molecule has 0 unspecified atom stereocenters. The molecule has 32 heavy (non-hydrogen) atoms. The minimum atomic E-state index is -0.229. The van der Waals surface area contributed by atoms with Crippen LogP contribution < -0.4 is 5.73 Å². The molecule has 0 saturated carbocycles. The van der Waals surface area contributed by atoms with Crippen molar-refractivity contribution in [3.05, 3.63) is 99.3 Å². The van der Waals surface area contributed by atoms with Crippen LogP contribution in [0, 0.1) is 24.2 Å². The zero-order valence-corrected chi connectivity index (χ0v) is 18.9. The molecule has 0 aliphatic carbocycles. The zero-order valence-electron chi connectivity index (χ0n) is 17.3. The number of hydrogen-bond acceptors (Lipinski definition) is 4. The summed E-state index contributed by atoms with van der Waals surface area (Å²) in [5.41, 5.74) is 9.01. The molecule has 5 nitrogen and oxygen atoms in total. The van der Waals surface area contributed by atoms with Gasteiger partial charge in [0.25, 0.3) is 0 Å². The summed E-state index contributed by atoms with van der Waals surface area (Å²) in [6.45, 7) is 1.87. The first-order chi connectivity index (χ1) is 14.8. The Kier molecular flexibility index (Phi) is 8.71. The van der Waals surface area contributed by atoms with E-state index < -0.39 is 0 Å². The van der Waals surface area contributed by atoms with Crippen molar-refractivity contribution in [3.63, 3.8) is 0 Å². The standard InChI is InChI=1S/C25H20ClN3O2.ClH/c1-16-10-18(12-19(11-16)23(30)15-25(27)28)6-5-17-7-8-22(26)21(13-17)24(31)14-20-4-2-3-9-29-20;/h2-4,7-13H,14-15H2,1H3,(H3,27,28);1H. The third kappa shape index (κ3) is 6.78. The molecule has 1 heterocycles. The molecule has 0 saturated heterocycles. The number of nitrogens with two attached hydrogens (primary N) is 1. The second-order valence-electron chi connectivity index (χ2n) is 7.08. The van der Waals surface area contributed by atoms with E-state index in [-0.39, 0.29) is 42.7 Å². The van der Waals surface area contributed by atoms with E-state index in [1.165, 1.54) is 0 Å². The van der Waals surface area contributed by atoms with Crippen molar-refractivity contribution in [1.82, 2.24) is 4.98 Å².